The summed E-state index contributed by atoms with van der Waals surface area (Å²) in [6.07, 6.45) is 2.80. The lowest BCUT2D eigenvalue weighted by molar-refractivity contribution is 0.0546. The molecule has 0 N–H and O–H groups in total. The zero-order chi connectivity index (χ0) is 11.7. The molecule has 2 nitrogen and oxygen atoms in total. The third kappa shape index (κ3) is 2.38. The van der Waals surface area contributed by atoms with Crippen LogP contribution in [0.5, 0.6) is 0 Å². The zero-order valence-electron chi connectivity index (χ0n) is 10.7. The molecular weight excluding hydrogens is 208 g/mol. The summed E-state index contributed by atoms with van der Waals surface area (Å²) in [6, 6.07) is 12.4. The van der Waals surface area contributed by atoms with Gasteiger partial charge in [0.25, 0.3) is 0 Å². The van der Waals surface area contributed by atoms with Gasteiger partial charge >= 0.3 is 0 Å². The van der Waals surface area contributed by atoms with E-state index in [4.69, 9.17) is 0 Å². The molecule has 1 aromatic rings. The summed E-state index contributed by atoms with van der Waals surface area (Å²) < 4.78 is 0. The van der Waals surface area contributed by atoms with Crippen LogP contribution < -0.4 is 0 Å². The molecule has 2 aliphatic heterocycles. The molecule has 17 heavy (non-hydrogen) atoms. The average Bonchev–Trinajstić information content (AvgIpc) is 2.79. The van der Waals surface area contributed by atoms with Crippen molar-refractivity contribution in [2.24, 2.45) is 0 Å². The predicted octanol–water partition coefficient (Wildman–Crippen LogP) is 2.36. The number of benzene rings is 1. The minimum absolute atomic E-state index is 0.736. The van der Waals surface area contributed by atoms with Crippen LogP contribution in [-0.4, -0.2) is 41.5 Å². The Morgan fingerprint density at radius 3 is 2.82 bits per heavy atom. The van der Waals surface area contributed by atoms with Gasteiger partial charge in [-0.15, -0.1) is 0 Å². The van der Waals surface area contributed by atoms with Crippen molar-refractivity contribution in [3.8, 4) is 0 Å². The van der Waals surface area contributed by atoms with Crippen LogP contribution in [0.25, 0.3) is 0 Å². The average molecular weight is 230 g/mol. The third-order valence-corrected chi connectivity index (χ3v) is 4.23. The van der Waals surface area contributed by atoms with Gasteiger partial charge in [-0.2, -0.15) is 0 Å². The quantitative estimate of drug-likeness (QED) is 0.769. The van der Waals surface area contributed by atoms with Crippen molar-refractivity contribution in [3.63, 3.8) is 0 Å². The molecule has 1 aromatic carbocycles. The molecule has 0 aromatic heterocycles. The maximum atomic E-state index is 2.71. The first-order valence-electron chi connectivity index (χ1n) is 6.85. The lowest BCUT2D eigenvalue weighted by Gasteiger charge is -2.42. The second-order valence-corrected chi connectivity index (χ2v) is 5.56. The summed E-state index contributed by atoms with van der Waals surface area (Å²) >= 11 is 0. The zero-order valence-corrected chi connectivity index (χ0v) is 10.7. The normalized spacial score (nSPS) is 30.4. The fourth-order valence-corrected chi connectivity index (χ4v) is 3.46. The van der Waals surface area contributed by atoms with Crippen molar-refractivity contribution in [1.29, 1.82) is 0 Å². The van der Waals surface area contributed by atoms with E-state index in [0.29, 0.717) is 0 Å². The largest absolute Gasteiger partial charge is 0.296 e. The Hall–Kier alpha value is -0.860. The van der Waals surface area contributed by atoms with Gasteiger partial charge in [0.15, 0.2) is 0 Å². The maximum absolute atomic E-state index is 2.71. The van der Waals surface area contributed by atoms with Crippen LogP contribution in [0.1, 0.15) is 25.3 Å². The molecule has 2 atom stereocenters. The monoisotopic (exact) mass is 230 g/mol. The molecule has 0 radical (unpaired) electrons. The lowest BCUT2D eigenvalue weighted by Crippen LogP contribution is -2.54. The highest BCUT2D eigenvalue weighted by Crippen LogP contribution is 2.26. The Bertz CT molecular complexity index is 362. The van der Waals surface area contributed by atoms with Crippen LogP contribution in [-0.2, 0) is 6.54 Å². The molecule has 2 saturated heterocycles. The molecule has 2 fully saturated rings. The van der Waals surface area contributed by atoms with E-state index in [9.17, 15) is 0 Å². The molecule has 92 valence electrons. The van der Waals surface area contributed by atoms with E-state index < -0.39 is 0 Å². The summed E-state index contributed by atoms with van der Waals surface area (Å²) in [6.45, 7) is 7.32. The van der Waals surface area contributed by atoms with Crippen molar-refractivity contribution in [2.45, 2.75) is 38.4 Å². The van der Waals surface area contributed by atoms with Gasteiger partial charge in [-0.05, 0) is 31.9 Å². The Morgan fingerprint density at radius 2 is 2.00 bits per heavy atom. The van der Waals surface area contributed by atoms with Crippen molar-refractivity contribution < 1.29 is 0 Å². The first kappa shape index (κ1) is 11.2. The summed E-state index contributed by atoms with van der Waals surface area (Å²) in [5, 5.41) is 0. The standard InChI is InChI=1S/C15H22N2/c1-13-10-16(11-14-6-3-2-4-7-14)12-15-8-5-9-17(13)15/h2-4,6-7,13,15H,5,8-12H2,1H3. The van der Waals surface area contributed by atoms with Crippen LogP contribution >= 0.6 is 0 Å². The summed E-state index contributed by atoms with van der Waals surface area (Å²) in [7, 11) is 0. The number of rotatable bonds is 2. The van der Waals surface area contributed by atoms with E-state index in [1.807, 2.05) is 0 Å². The molecule has 0 saturated carbocycles. The minimum atomic E-state index is 0.736. The van der Waals surface area contributed by atoms with Crippen molar-refractivity contribution in [3.05, 3.63) is 35.9 Å². The number of nitrogens with zero attached hydrogens (tertiary/aromatic N) is 2. The summed E-state index contributed by atoms with van der Waals surface area (Å²) in [4.78, 5) is 5.34. The smallest absolute Gasteiger partial charge is 0.0235 e. The second kappa shape index (κ2) is 4.79. The molecule has 0 aliphatic carbocycles. The van der Waals surface area contributed by atoms with Crippen molar-refractivity contribution in [2.75, 3.05) is 19.6 Å². The first-order valence-corrected chi connectivity index (χ1v) is 6.85. The van der Waals surface area contributed by atoms with Gasteiger partial charge < -0.3 is 0 Å². The van der Waals surface area contributed by atoms with Gasteiger partial charge in [0.05, 0.1) is 0 Å². The van der Waals surface area contributed by atoms with Crippen LogP contribution in [0.15, 0.2) is 30.3 Å². The van der Waals surface area contributed by atoms with Gasteiger partial charge in [-0.3, -0.25) is 9.80 Å². The molecule has 0 bridgehead atoms. The number of hydrogen-bond acceptors (Lipinski definition) is 2. The topological polar surface area (TPSA) is 6.48 Å². The van der Waals surface area contributed by atoms with Crippen molar-refractivity contribution >= 4 is 0 Å². The van der Waals surface area contributed by atoms with Crippen LogP contribution in [0.4, 0.5) is 0 Å². The van der Waals surface area contributed by atoms with Gasteiger partial charge in [0, 0.05) is 31.7 Å². The highest BCUT2D eigenvalue weighted by Gasteiger charge is 2.34. The Kier molecular flexibility index (Phi) is 3.17. The fourth-order valence-electron chi connectivity index (χ4n) is 3.46. The lowest BCUT2D eigenvalue weighted by atomic mass is 10.1. The van der Waals surface area contributed by atoms with E-state index >= 15 is 0 Å². The molecule has 0 spiro atoms. The van der Waals surface area contributed by atoms with Crippen molar-refractivity contribution in [1.82, 2.24) is 9.80 Å². The molecule has 2 aliphatic rings. The summed E-state index contributed by atoms with van der Waals surface area (Å²) in [5.74, 6) is 0. The van der Waals surface area contributed by atoms with Crippen LogP contribution in [0.3, 0.4) is 0 Å². The van der Waals surface area contributed by atoms with Gasteiger partial charge in [-0.25, -0.2) is 0 Å². The first-order chi connectivity index (χ1) is 8.33. The predicted molar refractivity (Wildman–Crippen MR) is 70.9 cm³/mol. The summed E-state index contributed by atoms with van der Waals surface area (Å²) in [5.41, 5.74) is 1.45. The number of piperazine rings is 1. The fraction of sp³-hybridized carbons (Fsp3) is 0.600. The highest BCUT2D eigenvalue weighted by atomic mass is 15.3. The van der Waals surface area contributed by atoms with E-state index in [0.717, 1.165) is 18.6 Å². The third-order valence-electron chi connectivity index (χ3n) is 4.23. The van der Waals surface area contributed by atoms with E-state index in [-0.39, 0.29) is 0 Å². The highest BCUT2D eigenvalue weighted by molar-refractivity contribution is 5.14. The van der Waals surface area contributed by atoms with Crippen LogP contribution in [0.2, 0.25) is 0 Å². The van der Waals surface area contributed by atoms with E-state index in [1.165, 1.54) is 38.0 Å². The molecule has 2 heterocycles. The second-order valence-electron chi connectivity index (χ2n) is 5.56. The number of fused-ring (bicyclic) bond motifs is 1. The molecular formula is C15H22N2. The van der Waals surface area contributed by atoms with Gasteiger partial charge in [0.1, 0.15) is 0 Å². The van der Waals surface area contributed by atoms with E-state index in [2.05, 4.69) is 47.1 Å². The SMILES string of the molecule is CC1CN(Cc2ccccc2)CC2CCCN12. The molecule has 2 heteroatoms. The Labute approximate surface area is 104 Å². The minimum Gasteiger partial charge on any atom is -0.296 e. The maximum Gasteiger partial charge on any atom is 0.0235 e. The molecule has 0 amide bonds. The van der Waals surface area contributed by atoms with Gasteiger partial charge in [0.2, 0.25) is 0 Å². The molecule has 3 rings (SSSR count). The Balaban J connectivity index is 1.65. The Morgan fingerprint density at radius 1 is 1.18 bits per heavy atom. The van der Waals surface area contributed by atoms with Gasteiger partial charge in [-0.1, -0.05) is 30.3 Å². The molecule has 2 unspecified atom stereocenters. The van der Waals surface area contributed by atoms with Crippen LogP contribution in [0, 0.1) is 0 Å². The van der Waals surface area contributed by atoms with E-state index in [1.54, 1.807) is 0 Å². The number of hydrogen-bond donors (Lipinski definition) is 0.